The average Bonchev–Trinajstić information content (AvgIpc) is 2.26. The second kappa shape index (κ2) is 8.92. The van der Waals surface area contributed by atoms with Crippen LogP contribution in [0.2, 0.25) is 0 Å². The summed E-state index contributed by atoms with van der Waals surface area (Å²) in [6.45, 7) is 12.6. The second-order valence-corrected chi connectivity index (χ2v) is 8.41. The fraction of sp³-hybridized carbons (Fsp3) is 1.00. The maximum atomic E-state index is 11.4. The third-order valence-electron chi connectivity index (χ3n) is 3.37. The molecule has 0 aromatic carbocycles. The first-order chi connectivity index (χ1) is 8.28. The standard InChI is InChI=1S/C14H31NO2S/c1-6-18(16,17)9-7-8-14(13(4)5)11-15-10-12(2)3/h12-15H,6-11H2,1-5H3. The summed E-state index contributed by atoms with van der Waals surface area (Å²) in [5.41, 5.74) is 0. The predicted molar refractivity (Wildman–Crippen MR) is 79.6 cm³/mol. The molecule has 0 radical (unpaired) electrons. The Labute approximate surface area is 114 Å². The van der Waals surface area contributed by atoms with Gasteiger partial charge in [-0.25, -0.2) is 8.42 Å². The Morgan fingerprint density at radius 3 is 2.11 bits per heavy atom. The molecule has 0 fully saturated rings. The Kier molecular flexibility index (Phi) is 8.87. The number of rotatable bonds is 10. The van der Waals surface area contributed by atoms with E-state index in [0.29, 0.717) is 23.5 Å². The first kappa shape index (κ1) is 17.9. The van der Waals surface area contributed by atoms with Crippen molar-refractivity contribution in [2.75, 3.05) is 24.6 Å². The lowest BCUT2D eigenvalue weighted by atomic mass is 9.91. The molecule has 0 saturated carbocycles. The van der Waals surface area contributed by atoms with E-state index in [1.807, 2.05) is 0 Å². The summed E-state index contributed by atoms with van der Waals surface area (Å²) < 4.78 is 22.9. The lowest BCUT2D eigenvalue weighted by Gasteiger charge is -2.22. The normalized spacial score (nSPS) is 14.4. The van der Waals surface area contributed by atoms with E-state index in [1.165, 1.54) is 0 Å². The van der Waals surface area contributed by atoms with Crippen LogP contribution in [0.3, 0.4) is 0 Å². The Morgan fingerprint density at radius 1 is 1.06 bits per heavy atom. The van der Waals surface area contributed by atoms with E-state index in [4.69, 9.17) is 0 Å². The van der Waals surface area contributed by atoms with Crippen LogP contribution >= 0.6 is 0 Å². The van der Waals surface area contributed by atoms with Gasteiger partial charge in [0.15, 0.2) is 0 Å². The molecule has 0 spiro atoms. The van der Waals surface area contributed by atoms with Gasteiger partial charge in [0.2, 0.25) is 0 Å². The maximum Gasteiger partial charge on any atom is 0.150 e. The summed E-state index contributed by atoms with van der Waals surface area (Å²) >= 11 is 0. The van der Waals surface area contributed by atoms with E-state index in [9.17, 15) is 8.42 Å². The Bertz CT molecular complexity index is 297. The monoisotopic (exact) mass is 277 g/mol. The van der Waals surface area contributed by atoms with E-state index in [1.54, 1.807) is 6.92 Å². The molecule has 0 bridgehead atoms. The summed E-state index contributed by atoms with van der Waals surface area (Å²) in [5.74, 6) is 2.46. The van der Waals surface area contributed by atoms with Gasteiger partial charge in [0.05, 0.1) is 5.75 Å². The van der Waals surface area contributed by atoms with E-state index in [0.717, 1.165) is 25.9 Å². The highest BCUT2D eigenvalue weighted by molar-refractivity contribution is 7.91. The first-order valence-electron chi connectivity index (χ1n) is 7.19. The topological polar surface area (TPSA) is 46.2 Å². The van der Waals surface area contributed by atoms with Crippen molar-refractivity contribution in [3.8, 4) is 0 Å². The maximum absolute atomic E-state index is 11.4. The predicted octanol–water partition coefficient (Wildman–Crippen LogP) is 2.72. The highest BCUT2D eigenvalue weighted by Crippen LogP contribution is 2.17. The molecule has 0 amide bonds. The molecule has 0 rings (SSSR count). The van der Waals surface area contributed by atoms with Gasteiger partial charge in [-0.2, -0.15) is 0 Å². The third kappa shape index (κ3) is 8.92. The highest BCUT2D eigenvalue weighted by Gasteiger charge is 2.15. The van der Waals surface area contributed by atoms with Crippen LogP contribution < -0.4 is 5.32 Å². The van der Waals surface area contributed by atoms with Crippen molar-refractivity contribution in [1.29, 1.82) is 0 Å². The van der Waals surface area contributed by atoms with Crippen molar-refractivity contribution < 1.29 is 8.42 Å². The van der Waals surface area contributed by atoms with Gasteiger partial charge in [0.25, 0.3) is 0 Å². The molecule has 4 heteroatoms. The SMILES string of the molecule is CCS(=O)(=O)CCCC(CNCC(C)C)C(C)C. The molecule has 0 saturated heterocycles. The quantitative estimate of drug-likeness (QED) is 0.668. The molecule has 0 heterocycles. The summed E-state index contributed by atoms with van der Waals surface area (Å²) in [6, 6.07) is 0. The zero-order chi connectivity index (χ0) is 14.2. The molecule has 0 aromatic heterocycles. The van der Waals surface area contributed by atoms with Crippen molar-refractivity contribution in [1.82, 2.24) is 5.32 Å². The summed E-state index contributed by atoms with van der Waals surface area (Å²) in [5, 5.41) is 3.48. The Hall–Kier alpha value is -0.0900. The fourth-order valence-electron chi connectivity index (χ4n) is 1.94. The van der Waals surface area contributed by atoms with Gasteiger partial charge in [0, 0.05) is 5.75 Å². The van der Waals surface area contributed by atoms with Gasteiger partial charge >= 0.3 is 0 Å². The van der Waals surface area contributed by atoms with Crippen LogP contribution in [0.25, 0.3) is 0 Å². The van der Waals surface area contributed by atoms with Crippen LogP contribution in [0.5, 0.6) is 0 Å². The summed E-state index contributed by atoms with van der Waals surface area (Å²) in [4.78, 5) is 0. The molecular weight excluding hydrogens is 246 g/mol. The number of sulfone groups is 1. The van der Waals surface area contributed by atoms with Crippen molar-refractivity contribution in [2.45, 2.75) is 47.5 Å². The third-order valence-corrected chi connectivity index (χ3v) is 5.16. The minimum Gasteiger partial charge on any atom is -0.316 e. The molecule has 0 aliphatic carbocycles. The van der Waals surface area contributed by atoms with Gasteiger partial charge in [-0.05, 0) is 43.7 Å². The van der Waals surface area contributed by atoms with Crippen molar-refractivity contribution in [3.63, 3.8) is 0 Å². The molecule has 0 aliphatic rings. The minimum atomic E-state index is -2.80. The Balaban J connectivity index is 3.98. The van der Waals surface area contributed by atoms with Crippen LogP contribution in [0.4, 0.5) is 0 Å². The van der Waals surface area contributed by atoms with Crippen molar-refractivity contribution >= 4 is 9.84 Å². The van der Waals surface area contributed by atoms with Crippen molar-refractivity contribution in [2.24, 2.45) is 17.8 Å². The zero-order valence-electron chi connectivity index (χ0n) is 12.7. The van der Waals surface area contributed by atoms with Crippen LogP contribution in [0.15, 0.2) is 0 Å². The fourth-order valence-corrected chi connectivity index (χ4v) is 2.83. The molecular formula is C14H31NO2S. The zero-order valence-corrected chi connectivity index (χ0v) is 13.5. The van der Waals surface area contributed by atoms with Gasteiger partial charge in [-0.1, -0.05) is 34.6 Å². The van der Waals surface area contributed by atoms with Gasteiger partial charge in [-0.3, -0.25) is 0 Å². The van der Waals surface area contributed by atoms with E-state index in [2.05, 4.69) is 33.0 Å². The van der Waals surface area contributed by atoms with Crippen LogP contribution in [-0.4, -0.2) is 33.0 Å². The van der Waals surface area contributed by atoms with Crippen LogP contribution in [0.1, 0.15) is 47.5 Å². The highest BCUT2D eigenvalue weighted by atomic mass is 32.2. The molecule has 18 heavy (non-hydrogen) atoms. The average molecular weight is 277 g/mol. The molecule has 110 valence electrons. The smallest absolute Gasteiger partial charge is 0.150 e. The largest absolute Gasteiger partial charge is 0.316 e. The molecule has 3 nitrogen and oxygen atoms in total. The van der Waals surface area contributed by atoms with E-state index in [-0.39, 0.29) is 5.75 Å². The van der Waals surface area contributed by atoms with Crippen LogP contribution in [-0.2, 0) is 9.84 Å². The molecule has 0 aliphatic heterocycles. The number of nitrogens with one attached hydrogen (secondary N) is 1. The molecule has 1 atom stereocenters. The first-order valence-corrected chi connectivity index (χ1v) is 9.01. The lowest BCUT2D eigenvalue weighted by molar-refractivity contribution is 0.332. The van der Waals surface area contributed by atoms with E-state index < -0.39 is 9.84 Å². The molecule has 0 aromatic rings. The molecule has 1 N–H and O–H groups in total. The summed E-state index contributed by atoms with van der Waals surface area (Å²) in [6.07, 6.45) is 1.80. The summed E-state index contributed by atoms with van der Waals surface area (Å²) in [7, 11) is -2.80. The van der Waals surface area contributed by atoms with Gasteiger partial charge in [0.1, 0.15) is 9.84 Å². The van der Waals surface area contributed by atoms with Crippen LogP contribution in [0, 0.1) is 17.8 Å². The number of hydrogen-bond donors (Lipinski definition) is 1. The lowest BCUT2D eigenvalue weighted by Crippen LogP contribution is -2.29. The van der Waals surface area contributed by atoms with Gasteiger partial charge < -0.3 is 5.32 Å². The second-order valence-electron chi connectivity index (χ2n) is 5.93. The number of hydrogen-bond acceptors (Lipinski definition) is 3. The Morgan fingerprint density at radius 2 is 1.67 bits per heavy atom. The van der Waals surface area contributed by atoms with Gasteiger partial charge in [-0.15, -0.1) is 0 Å². The van der Waals surface area contributed by atoms with Crippen molar-refractivity contribution in [3.05, 3.63) is 0 Å². The minimum absolute atomic E-state index is 0.269. The molecule has 1 unspecified atom stereocenters. The van der Waals surface area contributed by atoms with E-state index >= 15 is 0 Å².